The van der Waals surface area contributed by atoms with Crippen LogP contribution in [0.25, 0.3) is 0 Å². The van der Waals surface area contributed by atoms with Crippen molar-refractivity contribution in [2.75, 3.05) is 40.9 Å². The van der Waals surface area contributed by atoms with Crippen molar-refractivity contribution in [1.29, 1.82) is 0 Å². The van der Waals surface area contributed by atoms with Crippen molar-refractivity contribution in [3.05, 3.63) is 23.8 Å². The van der Waals surface area contributed by atoms with Crippen LogP contribution < -0.4 is 19.7 Å². The fraction of sp³-hybridized carbons (Fsp3) is 0.529. The SMILES string of the molecule is COc1ccc(CC[NH+](C)[C@@H](C)C(=O)N2CCNC2=O)cc1OC. The number of nitrogens with one attached hydrogen (secondary N) is 2. The molecule has 1 unspecified atom stereocenters. The molecule has 132 valence electrons. The Morgan fingerprint density at radius 3 is 2.62 bits per heavy atom. The molecule has 0 aromatic heterocycles. The van der Waals surface area contributed by atoms with Crippen LogP contribution in [0.3, 0.4) is 0 Å². The highest BCUT2D eigenvalue weighted by Crippen LogP contribution is 2.27. The third-order valence-corrected chi connectivity index (χ3v) is 4.49. The Morgan fingerprint density at radius 2 is 2.04 bits per heavy atom. The zero-order valence-electron chi connectivity index (χ0n) is 14.7. The molecule has 1 saturated heterocycles. The van der Waals surface area contributed by atoms with Crippen LogP contribution >= 0.6 is 0 Å². The molecule has 2 atom stereocenters. The molecule has 3 amide bonds. The van der Waals surface area contributed by atoms with Crippen molar-refractivity contribution in [2.45, 2.75) is 19.4 Å². The molecule has 1 fully saturated rings. The molecule has 7 nitrogen and oxygen atoms in total. The fourth-order valence-electron chi connectivity index (χ4n) is 2.72. The van der Waals surface area contributed by atoms with E-state index in [0.29, 0.717) is 24.6 Å². The van der Waals surface area contributed by atoms with Gasteiger partial charge in [0.1, 0.15) is 0 Å². The summed E-state index contributed by atoms with van der Waals surface area (Å²) in [5.41, 5.74) is 1.12. The zero-order chi connectivity index (χ0) is 17.7. The standard InChI is InChI=1S/C17H25N3O4/c1-12(16(21)20-10-8-18-17(20)22)19(2)9-7-13-5-6-14(23-3)15(11-13)24-4/h5-6,11-12H,7-10H2,1-4H3,(H,18,22)/p+1/t12-/m0/s1. The lowest BCUT2D eigenvalue weighted by Crippen LogP contribution is -3.14. The number of urea groups is 1. The Balaban J connectivity index is 1.93. The highest BCUT2D eigenvalue weighted by Gasteiger charge is 2.33. The van der Waals surface area contributed by atoms with E-state index < -0.39 is 0 Å². The highest BCUT2D eigenvalue weighted by atomic mass is 16.5. The van der Waals surface area contributed by atoms with Crippen molar-refractivity contribution < 1.29 is 24.0 Å². The number of hydrogen-bond acceptors (Lipinski definition) is 4. The molecular weight excluding hydrogens is 310 g/mol. The number of nitrogens with zero attached hydrogens (tertiary/aromatic N) is 1. The molecule has 2 N–H and O–H groups in total. The maximum absolute atomic E-state index is 12.4. The van der Waals surface area contributed by atoms with E-state index in [1.54, 1.807) is 14.2 Å². The number of carbonyl (C=O) groups is 2. The summed E-state index contributed by atoms with van der Waals surface area (Å²) in [6.45, 7) is 3.61. The average molecular weight is 336 g/mol. The lowest BCUT2D eigenvalue weighted by Gasteiger charge is -2.24. The second-order valence-corrected chi connectivity index (χ2v) is 5.98. The summed E-state index contributed by atoms with van der Waals surface area (Å²) in [6.07, 6.45) is 0.802. The lowest BCUT2D eigenvalue weighted by molar-refractivity contribution is -0.894. The van der Waals surface area contributed by atoms with E-state index in [0.717, 1.165) is 23.4 Å². The molecule has 1 aromatic carbocycles. The molecule has 0 saturated carbocycles. The van der Waals surface area contributed by atoms with Gasteiger partial charge in [-0.05, 0) is 24.6 Å². The van der Waals surface area contributed by atoms with Crippen LogP contribution in [-0.4, -0.2) is 63.8 Å². The minimum absolute atomic E-state index is 0.130. The number of ether oxygens (including phenoxy) is 2. The smallest absolute Gasteiger partial charge is 0.324 e. The van der Waals surface area contributed by atoms with Crippen molar-refractivity contribution in [2.24, 2.45) is 0 Å². The number of hydrogen-bond donors (Lipinski definition) is 2. The summed E-state index contributed by atoms with van der Waals surface area (Å²) in [5.74, 6) is 1.27. The number of rotatable bonds is 7. The number of imide groups is 1. The summed E-state index contributed by atoms with van der Waals surface area (Å²) in [6, 6.07) is 5.27. The van der Waals surface area contributed by atoms with Gasteiger partial charge in [0.2, 0.25) is 0 Å². The third-order valence-electron chi connectivity index (χ3n) is 4.49. The van der Waals surface area contributed by atoms with Gasteiger partial charge in [-0.1, -0.05) is 6.07 Å². The van der Waals surface area contributed by atoms with Crippen molar-refractivity contribution in [1.82, 2.24) is 10.2 Å². The first-order valence-electron chi connectivity index (χ1n) is 8.10. The average Bonchev–Trinajstić information content (AvgIpc) is 3.03. The first kappa shape index (κ1) is 18.1. The van der Waals surface area contributed by atoms with E-state index in [4.69, 9.17) is 9.47 Å². The van der Waals surface area contributed by atoms with Gasteiger partial charge in [0, 0.05) is 19.5 Å². The van der Waals surface area contributed by atoms with Crippen LogP contribution in [0.15, 0.2) is 18.2 Å². The van der Waals surface area contributed by atoms with E-state index in [9.17, 15) is 9.59 Å². The summed E-state index contributed by atoms with van der Waals surface area (Å²) in [7, 11) is 5.19. The Kier molecular flexibility index (Phi) is 6.03. The van der Waals surface area contributed by atoms with Crippen LogP contribution in [0.4, 0.5) is 4.79 Å². The fourth-order valence-corrected chi connectivity index (χ4v) is 2.72. The lowest BCUT2D eigenvalue weighted by atomic mass is 10.1. The van der Waals surface area contributed by atoms with Gasteiger partial charge in [0.15, 0.2) is 17.5 Å². The molecule has 1 aromatic rings. The van der Waals surface area contributed by atoms with E-state index in [1.807, 2.05) is 32.2 Å². The first-order valence-corrected chi connectivity index (χ1v) is 8.10. The molecule has 7 heteroatoms. The third kappa shape index (κ3) is 3.97. The minimum Gasteiger partial charge on any atom is -0.493 e. The molecule has 1 heterocycles. The van der Waals surface area contributed by atoms with Gasteiger partial charge < -0.3 is 19.7 Å². The number of amides is 3. The molecule has 0 radical (unpaired) electrons. The Bertz CT molecular complexity index is 605. The summed E-state index contributed by atoms with van der Waals surface area (Å²) >= 11 is 0. The molecule has 2 rings (SSSR count). The molecule has 0 aliphatic carbocycles. The number of carbonyl (C=O) groups excluding carboxylic acids is 2. The van der Waals surface area contributed by atoms with Gasteiger partial charge in [-0.15, -0.1) is 0 Å². The van der Waals surface area contributed by atoms with Gasteiger partial charge in [0.25, 0.3) is 5.91 Å². The summed E-state index contributed by atoms with van der Waals surface area (Å²) in [4.78, 5) is 26.4. The molecular formula is C17H26N3O4+. The summed E-state index contributed by atoms with van der Waals surface area (Å²) < 4.78 is 10.5. The second kappa shape index (κ2) is 8.01. The number of likely N-dealkylation sites (N-methyl/N-ethyl adjacent to an activating group) is 1. The molecule has 24 heavy (non-hydrogen) atoms. The van der Waals surface area contributed by atoms with Gasteiger partial charge in [-0.25, -0.2) is 4.79 Å². The first-order chi connectivity index (χ1) is 11.5. The second-order valence-electron chi connectivity index (χ2n) is 5.98. The number of methoxy groups -OCH3 is 2. The normalized spacial score (nSPS) is 16.5. The zero-order valence-corrected chi connectivity index (χ0v) is 14.7. The highest BCUT2D eigenvalue weighted by molar-refractivity contribution is 5.97. The molecule has 1 aliphatic heterocycles. The number of quaternary nitrogens is 1. The quantitative estimate of drug-likeness (QED) is 0.717. The monoisotopic (exact) mass is 336 g/mol. The largest absolute Gasteiger partial charge is 0.493 e. The van der Waals surface area contributed by atoms with E-state index in [-0.39, 0.29) is 18.0 Å². The number of benzene rings is 1. The molecule has 0 spiro atoms. The topological polar surface area (TPSA) is 72.3 Å². The van der Waals surface area contributed by atoms with E-state index >= 15 is 0 Å². The predicted molar refractivity (Wildman–Crippen MR) is 89.6 cm³/mol. The maximum Gasteiger partial charge on any atom is 0.324 e. The van der Waals surface area contributed by atoms with Crippen LogP contribution in [0.2, 0.25) is 0 Å². The summed E-state index contributed by atoms with van der Waals surface area (Å²) in [5, 5.41) is 2.66. The maximum atomic E-state index is 12.4. The van der Waals surface area contributed by atoms with Crippen molar-refractivity contribution >= 4 is 11.9 Å². The van der Waals surface area contributed by atoms with Gasteiger partial charge in [-0.3, -0.25) is 9.69 Å². The minimum atomic E-state index is -0.292. The van der Waals surface area contributed by atoms with E-state index in [1.165, 1.54) is 4.90 Å². The van der Waals surface area contributed by atoms with Crippen LogP contribution in [0.5, 0.6) is 11.5 Å². The van der Waals surface area contributed by atoms with Crippen LogP contribution in [0, 0.1) is 0 Å². The van der Waals surface area contributed by atoms with Crippen molar-refractivity contribution in [3.8, 4) is 11.5 Å². The Morgan fingerprint density at radius 1 is 1.33 bits per heavy atom. The molecule has 1 aliphatic rings. The van der Waals surface area contributed by atoms with Crippen molar-refractivity contribution in [3.63, 3.8) is 0 Å². The van der Waals surface area contributed by atoms with Gasteiger partial charge in [-0.2, -0.15) is 0 Å². The molecule has 0 bridgehead atoms. The Labute approximate surface area is 142 Å². The Hall–Kier alpha value is -2.28. The predicted octanol–water partition coefficient (Wildman–Crippen LogP) is -0.299. The van der Waals surface area contributed by atoms with E-state index in [2.05, 4.69) is 5.32 Å². The van der Waals surface area contributed by atoms with Crippen LogP contribution in [0.1, 0.15) is 12.5 Å². The van der Waals surface area contributed by atoms with Gasteiger partial charge in [0.05, 0.1) is 27.8 Å². The van der Waals surface area contributed by atoms with Crippen LogP contribution in [-0.2, 0) is 11.2 Å². The van der Waals surface area contributed by atoms with Gasteiger partial charge >= 0.3 is 6.03 Å².